The zero-order valence-corrected chi connectivity index (χ0v) is 9.08. The maximum Gasteiger partial charge on any atom is 0.226 e. The van der Waals surface area contributed by atoms with E-state index in [-0.39, 0.29) is 5.28 Å². The molecule has 0 fully saturated rings. The van der Waals surface area contributed by atoms with Crippen LogP contribution in [0.5, 0.6) is 11.6 Å². The Balaban J connectivity index is 2.82. The van der Waals surface area contributed by atoms with Crippen LogP contribution in [0.25, 0.3) is 10.9 Å². The average Bonchev–Trinajstić information content (AvgIpc) is 2.27. The molecule has 0 aliphatic heterocycles. The first kappa shape index (κ1) is 9.98. The van der Waals surface area contributed by atoms with Gasteiger partial charge in [0.2, 0.25) is 11.2 Å². The Bertz CT molecular complexity index is 502. The molecule has 0 amide bonds. The lowest BCUT2D eigenvalue weighted by atomic mass is 10.2. The van der Waals surface area contributed by atoms with Crippen LogP contribution < -0.4 is 9.47 Å². The average molecular weight is 225 g/mol. The van der Waals surface area contributed by atoms with E-state index in [4.69, 9.17) is 21.1 Å². The summed E-state index contributed by atoms with van der Waals surface area (Å²) in [6.45, 7) is 0. The number of hydrogen-bond acceptors (Lipinski definition) is 4. The Morgan fingerprint density at radius 1 is 1.13 bits per heavy atom. The van der Waals surface area contributed by atoms with E-state index in [1.54, 1.807) is 7.11 Å². The van der Waals surface area contributed by atoms with Crippen LogP contribution in [0.1, 0.15) is 0 Å². The summed E-state index contributed by atoms with van der Waals surface area (Å²) in [4.78, 5) is 8.08. The summed E-state index contributed by atoms with van der Waals surface area (Å²) in [5.74, 6) is 1.10. The second-order valence-electron chi connectivity index (χ2n) is 2.86. The largest absolute Gasteiger partial charge is 0.494 e. The Morgan fingerprint density at radius 2 is 1.93 bits per heavy atom. The number of halogens is 1. The monoisotopic (exact) mass is 224 g/mol. The lowest BCUT2D eigenvalue weighted by Crippen LogP contribution is -1.94. The van der Waals surface area contributed by atoms with Crippen molar-refractivity contribution in [2.45, 2.75) is 0 Å². The molecule has 0 aliphatic carbocycles. The molecule has 1 aromatic heterocycles. The quantitative estimate of drug-likeness (QED) is 0.735. The highest BCUT2D eigenvalue weighted by Crippen LogP contribution is 2.29. The van der Waals surface area contributed by atoms with Gasteiger partial charge in [-0.15, -0.1) is 0 Å². The van der Waals surface area contributed by atoms with Crippen molar-refractivity contribution >= 4 is 22.5 Å². The lowest BCUT2D eigenvalue weighted by Gasteiger charge is -2.07. The predicted molar refractivity (Wildman–Crippen MR) is 57.7 cm³/mol. The van der Waals surface area contributed by atoms with Crippen molar-refractivity contribution in [2.75, 3.05) is 14.2 Å². The fraction of sp³-hybridized carbons (Fsp3) is 0.200. The van der Waals surface area contributed by atoms with E-state index in [2.05, 4.69) is 9.97 Å². The van der Waals surface area contributed by atoms with Gasteiger partial charge < -0.3 is 9.47 Å². The maximum absolute atomic E-state index is 5.77. The van der Waals surface area contributed by atoms with Gasteiger partial charge in [0.1, 0.15) is 11.3 Å². The van der Waals surface area contributed by atoms with E-state index in [0.717, 1.165) is 5.39 Å². The van der Waals surface area contributed by atoms with Crippen molar-refractivity contribution in [1.29, 1.82) is 0 Å². The second-order valence-corrected chi connectivity index (χ2v) is 3.20. The summed E-state index contributed by atoms with van der Waals surface area (Å²) >= 11 is 5.77. The minimum absolute atomic E-state index is 0.142. The number of methoxy groups -OCH3 is 2. The van der Waals surface area contributed by atoms with Crippen LogP contribution in [0.2, 0.25) is 5.28 Å². The van der Waals surface area contributed by atoms with Crippen molar-refractivity contribution in [2.24, 2.45) is 0 Å². The van der Waals surface area contributed by atoms with Crippen LogP contribution in [0.15, 0.2) is 18.2 Å². The van der Waals surface area contributed by atoms with Gasteiger partial charge in [0, 0.05) is 0 Å². The number of aromatic nitrogens is 2. The first-order chi connectivity index (χ1) is 7.26. The number of rotatable bonds is 2. The summed E-state index contributed by atoms with van der Waals surface area (Å²) in [5, 5.41) is 0.921. The molecule has 2 rings (SSSR count). The normalized spacial score (nSPS) is 10.3. The first-order valence-corrected chi connectivity index (χ1v) is 4.68. The van der Waals surface area contributed by atoms with E-state index in [1.807, 2.05) is 18.2 Å². The molecule has 1 aromatic carbocycles. The van der Waals surface area contributed by atoms with Crippen molar-refractivity contribution < 1.29 is 9.47 Å². The van der Waals surface area contributed by atoms with Crippen LogP contribution in [-0.2, 0) is 0 Å². The third kappa shape index (κ3) is 1.68. The minimum Gasteiger partial charge on any atom is -0.494 e. The van der Waals surface area contributed by atoms with E-state index in [1.165, 1.54) is 7.11 Å². The zero-order chi connectivity index (χ0) is 10.8. The highest BCUT2D eigenvalue weighted by molar-refractivity contribution is 6.28. The van der Waals surface area contributed by atoms with E-state index in [9.17, 15) is 0 Å². The molecule has 0 N–H and O–H groups in total. The molecule has 0 saturated carbocycles. The highest BCUT2D eigenvalue weighted by Gasteiger charge is 2.10. The summed E-state index contributed by atoms with van der Waals surface area (Å²) in [6.07, 6.45) is 0. The van der Waals surface area contributed by atoms with Gasteiger partial charge in [0.05, 0.1) is 19.6 Å². The minimum atomic E-state index is 0.142. The fourth-order valence-electron chi connectivity index (χ4n) is 1.39. The molecule has 15 heavy (non-hydrogen) atoms. The molecule has 0 unspecified atom stereocenters. The van der Waals surface area contributed by atoms with Crippen molar-refractivity contribution in [3.05, 3.63) is 23.5 Å². The molecule has 0 saturated heterocycles. The van der Waals surface area contributed by atoms with Crippen molar-refractivity contribution in [3.8, 4) is 11.6 Å². The predicted octanol–water partition coefficient (Wildman–Crippen LogP) is 2.30. The molecule has 2 aromatic rings. The molecule has 1 heterocycles. The Kier molecular flexibility index (Phi) is 2.60. The van der Waals surface area contributed by atoms with Crippen LogP contribution in [0.4, 0.5) is 0 Å². The smallest absolute Gasteiger partial charge is 0.226 e. The SMILES string of the molecule is COc1nc(Cl)nc2c(OC)cccc12. The Hall–Kier alpha value is -1.55. The maximum atomic E-state index is 5.77. The van der Waals surface area contributed by atoms with Crippen LogP contribution in [0, 0.1) is 0 Å². The third-order valence-electron chi connectivity index (χ3n) is 2.04. The zero-order valence-electron chi connectivity index (χ0n) is 8.32. The van der Waals surface area contributed by atoms with E-state index >= 15 is 0 Å². The number of hydrogen-bond donors (Lipinski definition) is 0. The number of nitrogens with zero attached hydrogens (tertiary/aromatic N) is 2. The number of para-hydroxylation sites is 1. The molecule has 78 valence electrons. The van der Waals surface area contributed by atoms with Gasteiger partial charge in [-0.1, -0.05) is 6.07 Å². The van der Waals surface area contributed by atoms with Gasteiger partial charge in [-0.3, -0.25) is 0 Å². The summed E-state index contributed by atoms with van der Waals surface area (Å²) in [6, 6.07) is 5.51. The number of benzene rings is 1. The van der Waals surface area contributed by atoms with Crippen LogP contribution in [-0.4, -0.2) is 24.2 Å². The van der Waals surface area contributed by atoms with Crippen molar-refractivity contribution in [3.63, 3.8) is 0 Å². The van der Waals surface area contributed by atoms with Crippen LogP contribution in [0.3, 0.4) is 0 Å². The molecule has 0 spiro atoms. The summed E-state index contributed by atoms with van der Waals surface area (Å²) in [7, 11) is 3.12. The second kappa shape index (κ2) is 3.90. The van der Waals surface area contributed by atoms with Crippen LogP contribution >= 0.6 is 11.6 Å². The molecular formula is C10H9ClN2O2. The van der Waals surface area contributed by atoms with Crippen molar-refractivity contribution in [1.82, 2.24) is 9.97 Å². The van der Waals surface area contributed by atoms with Gasteiger partial charge in [0.15, 0.2) is 0 Å². The molecular weight excluding hydrogens is 216 g/mol. The highest BCUT2D eigenvalue weighted by atomic mass is 35.5. The molecule has 0 atom stereocenters. The first-order valence-electron chi connectivity index (χ1n) is 4.30. The molecule has 0 radical (unpaired) electrons. The molecule has 0 bridgehead atoms. The van der Waals surface area contributed by atoms with Gasteiger partial charge in [-0.25, -0.2) is 4.98 Å². The third-order valence-corrected chi connectivity index (χ3v) is 2.21. The fourth-order valence-corrected chi connectivity index (χ4v) is 1.55. The molecule has 0 aliphatic rings. The van der Waals surface area contributed by atoms with Gasteiger partial charge >= 0.3 is 0 Å². The summed E-state index contributed by atoms with van der Waals surface area (Å²) < 4.78 is 10.3. The lowest BCUT2D eigenvalue weighted by molar-refractivity contribution is 0.401. The number of ether oxygens (including phenoxy) is 2. The standard InChI is InChI=1S/C10H9ClN2O2/c1-14-7-5-3-4-6-8(7)12-10(11)13-9(6)15-2/h3-5H,1-2H3. The topological polar surface area (TPSA) is 44.2 Å². The van der Waals surface area contributed by atoms with Gasteiger partial charge in [-0.05, 0) is 23.7 Å². The van der Waals surface area contributed by atoms with Gasteiger partial charge in [0.25, 0.3) is 0 Å². The van der Waals surface area contributed by atoms with E-state index in [0.29, 0.717) is 17.1 Å². The molecule has 5 heteroatoms. The Labute approximate surface area is 91.8 Å². The number of fused-ring (bicyclic) bond motifs is 1. The molecule has 4 nitrogen and oxygen atoms in total. The van der Waals surface area contributed by atoms with E-state index < -0.39 is 0 Å². The Morgan fingerprint density at radius 3 is 2.60 bits per heavy atom. The summed E-state index contributed by atoms with van der Waals surface area (Å²) in [5.41, 5.74) is 0.650. The van der Waals surface area contributed by atoms with Gasteiger partial charge in [-0.2, -0.15) is 4.98 Å².